The predicted molar refractivity (Wildman–Crippen MR) is 135 cm³/mol. The summed E-state index contributed by atoms with van der Waals surface area (Å²) < 4.78 is 69.6. The third-order valence-corrected chi connectivity index (χ3v) is 6.52. The van der Waals surface area contributed by atoms with Crippen molar-refractivity contribution in [2.24, 2.45) is 7.05 Å². The number of carbonyl (C=O) groups is 1. The lowest BCUT2D eigenvalue weighted by molar-refractivity contribution is -0.139. The Labute approximate surface area is 223 Å². The Morgan fingerprint density at radius 1 is 1.18 bits per heavy atom. The normalized spacial score (nSPS) is 15.7. The van der Waals surface area contributed by atoms with E-state index in [9.17, 15) is 23.2 Å². The second kappa shape index (κ2) is 10.4. The van der Waals surface area contributed by atoms with Crippen LogP contribution in [0.25, 0.3) is 22.3 Å². The van der Waals surface area contributed by atoms with Gasteiger partial charge in [-0.05, 0) is 57.9 Å². The number of fused-ring (bicyclic) bond motifs is 1. The predicted octanol–water partition coefficient (Wildman–Crippen LogP) is 6.03. The van der Waals surface area contributed by atoms with Crippen molar-refractivity contribution in [3.05, 3.63) is 41.9 Å². The van der Waals surface area contributed by atoms with Gasteiger partial charge in [-0.2, -0.15) is 18.4 Å². The second-order valence-corrected chi connectivity index (χ2v) is 10.6. The maximum Gasteiger partial charge on any atom is 0.419 e. The van der Waals surface area contributed by atoms with E-state index in [2.05, 4.69) is 9.97 Å². The van der Waals surface area contributed by atoms with Crippen molar-refractivity contribution in [2.75, 3.05) is 19.7 Å². The summed E-state index contributed by atoms with van der Waals surface area (Å²) in [7, 11) is 1.71. The number of piperidine rings is 1. The Balaban J connectivity index is 1.47. The molecule has 3 aromatic rings. The van der Waals surface area contributed by atoms with Crippen LogP contribution < -0.4 is 4.74 Å². The van der Waals surface area contributed by atoms with Crippen LogP contribution in [0.3, 0.4) is 0 Å². The van der Waals surface area contributed by atoms with Crippen LogP contribution in [0, 0.1) is 11.3 Å². The summed E-state index contributed by atoms with van der Waals surface area (Å²) in [6.07, 6.45) is -3.83. The lowest BCUT2D eigenvalue weighted by atomic mass is 9.90. The first-order chi connectivity index (χ1) is 18.2. The molecule has 2 aromatic heterocycles. The average Bonchev–Trinajstić information content (AvgIpc) is 3.23. The second-order valence-electron chi connectivity index (χ2n) is 10.6. The molecule has 39 heavy (non-hydrogen) atoms. The fourth-order valence-corrected chi connectivity index (χ4v) is 4.40. The number of pyridine rings is 1. The van der Waals surface area contributed by atoms with Crippen molar-refractivity contribution in [1.82, 2.24) is 19.4 Å². The van der Waals surface area contributed by atoms with E-state index in [1.54, 1.807) is 38.5 Å². The number of amides is 1. The van der Waals surface area contributed by atoms with Crippen molar-refractivity contribution < 1.29 is 31.8 Å². The average molecular weight is 548 g/mol. The van der Waals surface area contributed by atoms with Crippen molar-refractivity contribution in [2.45, 2.75) is 57.5 Å². The van der Waals surface area contributed by atoms with Crippen LogP contribution in [0.5, 0.6) is 5.75 Å². The molecule has 1 aromatic carbocycles. The van der Waals surface area contributed by atoms with Gasteiger partial charge in [-0.3, -0.25) is 0 Å². The van der Waals surface area contributed by atoms with Crippen molar-refractivity contribution in [3.8, 4) is 23.1 Å². The van der Waals surface area contributed by atoms with E-state index < -0.39 is 34.9 Å². The molecule has 0 spiro atoms. The largest absolute Gasteiger partial charge is 0.493 e. The minimum absolute atomic E-state index is 0.00273. The highest BCUT2D eigenvalue weighted by Crippen LogP contribution is 2.39. The minimum atomic E-state index is -4.74. The van der Waals surface area contributed by atoms with E-state index in [0.717, 1.165) is 6.07 Å². The van der Waals surface area contributed by atoms with E-state index in [1.165, 1.54) is 23.4 Å². The fraction of sp³-hybridized carbons (Fsp3) is 0.481. The number of ether oxygens (including phenoxy) is 2. The molecular formula is C27H29F4N5O3. The number of benzene rings is 1. The maximum absolute atomic E-state index is 15.4. The summed E-state index contributed by atoms with van der Waals surface area (Å²) in [5.74, 6) is -0.428. The van der Waals surface area contributed by atoms with E-state index in [0.29, 0.717) is 11.0 Å². The first-order valence-corrected chi connectivity index (χ1v) is 12.4. The highest BCUT2D eigenvalue weighted by Gasteiger charge is 2.38. The summed E-state index contributed by atoms with van der Waals surface area (Å²) in [5, 5.41) is 9.44. The molecule has 0 N–H and O–H groups in total. The van der Waals surface area contributed by atoms with Gasteiger partial charge in [-0.25, -0.2) is 19.2 Å². The number of likely N-dealkylation sites (tertiary alicyclic amines) is 1. The maximum atomic E-state index is 15.4. The van der Waals surface area contributed by atoms with Gasteiger partial charge in [0, 0.05) is 32.1 Å². The lowest BCUT2D eigenvalue weighted by Crippen LogP contribution is -2.46. The number of carbonyl (C=O) groups excluding carboxylic acids is 1. The summed E-state index contributed by atoms with van der Waals surface area (Å²) in [5.41, 5.74) is -2.13. The van der Waals surface area contributed by atoms with Crippen LogP contribution in [0.15, 0.2) is 30.6 Å². The Hall–Kier alpha value is -3.88. The lowest BCUT2D eigenvalue weighted by Gasteiger charge is -2.37. The molecule has 1 amide bonds. The molecule has 0 bridgehead atoms. The number of hydrogen-bond acceptors (Lipinski definition) is 6. The quantitative estimate of drug-likeness (QED) is 0.362. The Morgan fingerprint density at radius 2 is 1.87 bits per heavy atom. The number of halogens is 4. The zero-order valence-electron chi connectivity index (χ0n) is 22.1. The third kappa shape index (κ3) is 6.41. The molecule has 0 saturated carbocycles. The third-order valence-electron chi connectivity index (χ3n) is 6.52. The van der Waals surface area contributed by atoms with Crippen molar-refractivity contribution >= 4 is 17.1 Å². The van der Waals surface area contributed by atoms with E-state index in [4.69, 9.17) is 9.47 Å². The van der Waals surface area contributed by atoms with Crippen molar-refractivity contribution in [1.29, 1.82) is 5.26 Å². The number of aromatic nitrogens is 3. The molecule has 4 rings (SSSR count). The Morgan fingerprint density at radius 3 is 2.49 bits per heavy atom. The number of alkyl halides is 4. The highest BCUT2D eigenvalue weighted by atomic mass is 19.4. The molecule has 8 nitrogen and oxygen atoms in total. The van der Waals surface area contributed by atoms with Crippen LogP contribution in [-0.4, -0.2) is 56.5 Å². The van der Waals surface area contributed by atoms with Gasteiger partial charge in [-0.1, -0.05) is 0 Å². The molecule has 0 aliphatic carbocycles. The Bertz CT molecular complexity index is 1410. The highest BCUT2D eigenvalue weighted by molar-refractivity contribution is 5.84. The molecular weight excluding hydrogens is 518 g/mol. The van der Waals surface area contributed by atoms with Crippen LogP contribution in [0.2, 0.25) is 0 Å². The molecule has 0 radical (unpaired) electrons. The number of aryl methyl sites for hydroxylation is 1. The van der Waals surface area contributed by atoms with Gasteiger partial charge in [0.15, 0.2) is 5.69 Å². The van der Waals surface area contributed by atoms with Gasteiger partial charge < -0.3 is 18.9 Å². The van der Waals surface area contributed by atoms with Crippen LogP contribution in [0.1, 0.15) is 51.3 Å². The first-order valence-electron chi connectivity index (χ1n) is 12.4. The topological polar surface area (TPSA) is 93.3 Å². The van der Waals surface area contributed by atoms with E-state index in [1.807, 2.05) is 6.07 Å². The standard InChI is InChI=1S/C27H29F4N5O3/c1-25(2,3)39-24(37)36-10-7-26(28,8-11-36)9-12-38-22-6-5-17(13-18(22)27(29,30)31)19-14-21-23(20(15-32)34-19)33-16-35(21)4/h5-6,13-14,16H,7-12H2,1-4H3. The summed E-state index contributed by atoms with van der Waals surface area (Å²) in [6.45, 7) is 5.24. The summed E-state index contributed by atoms with van der Waals surface area (Å²) in [6, 6.07) is 7.00. The van der Waals surface area contributed by atoms with Gasteiger partial charge in [0.1, 0.15) is 28.6 Å². The van der Waals surface area contributed by atoms with Gasteiger partial charge in [-0.15, -0.1) is 0 Å². The van der Waals surface area contributed by atoms with Gasteiger partial charge in [0.2, 0.25) is 0 Å². The smallest absolute Gasteiger partial charge is 0.419 e. The zero-order chi connectivity index (χ0) is 28.6. The van der Waals surface area contributed by atoms with Crippen LogP contribution in [-0.2, 0) is 18.0 Å². The Kier molecular flexibility index (Phi) is 7.47. The SMILES string of the molecule is Cn1cnc2c(C#N)nc(-c3ccc(OCCC4(F)CCN(C(=O)OC(C)(C)C)CC4)c(C(F)(F)F)c3)cc21. The van der Waals surface area contributed by atoms with Crippen molar-refractivity contribution in [3.63, 3.8) is 0 Å². The van der Waals surface area contributed by atoms with Crippen LogP contribution >= 0.6 is 0 Å². The number of imidazole rings is 1. The molecule has 3 heterocycles. The summed E-state index contributed by atoms with van der Waals surface area (Å²) >= 11 is 0. The molecule has 12 heteroatoms. The zero-order valence-corrected chi connectivity index (χ0v) is 22.1. The first kappa shape index (κ1) is 28.1. The molecule has 0 unspecified atom stereocenters. The minimum Gasteiger partial charge on any atom is -0.493 e. The molecule has 208 valence electrons. The number of hydrogen-bond donors (Lipinski definition) is 0. The molecule has 1 aliphatic rings. The molecule has 1 fully saturated rings. The molecule has 1 aliphatic heterocycles. The number of nitriles is 1. The van der Waals surface area contributed by atoms with Gasteiger partial charge >= 0.3 is 12.3 Å². The fourth-order valence-electron chi connectivity index (χ4n) is 4.40. The molecule has 0 atom stereocenters. The monoisotopic (exact) mass is 547 g/mol. The molecule has 1 saturated heterocycles. The number of rotatable bonds is 5. The summed E-state index contributed by atoms with van der Waals surface area (Å²) in [4.78, 5) is 22.0. The van der Waals surface area contributed by atoms with E-state index in [-0.39, 0.29) is 55.9 Å². The van der Waals surface area contributed by atoms with Gasteiger partial charge in [0.25, 0.3) is 0 Å². The van der Waals surface area contributed by atoms with E-state index >= 15 is 4.39 Å². The van der Waals surface area contributed by atoms with Gasteiger partial charge in [0.05, 0.1) is 29.7 Å². The van der Waals surface area contributed by atoms with Crippen LogP contribution in [0.4, 0.5) is 22.4 Å². The number of nitrogens with zero attached hydrogens (tertiary/aromatic N) is 5.